The van der Waals surface area contributed by atoms with Crippen LogP contribution in [0.5, 0.6) is 0 Å². The number of rotatable bonds is 3. The molecule has 0 aliphatic carbocycles. The molecule has 0 amide bonds. The van der Waals surface area contributed by atoms with Crippen molar-refractivity contribution in [3.63, 3.8) is 0 Å². The number of nitrogens with one attached hydrogen (secondary N) is 2. The van der Waals surface area contributed by atoms with Crippen molar-refractivity contribution in [3.8, 4) is 33.8 Å². The van der Waals surface area contributed by atoms with Gasteiger partial charge in [-0.15, -0.1) is 0 Å². The lowest BCUT2D eigenvalue weighted by molar-refractivity contribution is 0.568. The Balaban J connectivity index is 1.53. The van der Waals surface area contributed by atoms with Crippen molar-refractivity contribution in [2.24, 2.45) is 7.05 Å². The van der Waals surface area contributed by atoms with Gasteiger partial charge in [0, 0.05) is 40.7 Å². The second-order valence-electron chi connectivity index (χ2n) is 7.40. The van der Waals surface area contributed by atoms with Gasteiger partial charge in [-0.3, -0.25) is 5.10 Å². The summed E-state index contributed by atoms with van der Waals surface area (Å²) in [4.78, 5) is 12.5. The van der Waals surface area contributed by atoms with Crippen LogP contribution in [-0.2, 0) is 7.05 Å². The van der Waals surface area contributed by atoms with Crippen molar-refractivity contribution in [3.05, 3.63) is 67.1 Å². The minimum Gasteiger partial charge on any atom is -0.472 e. The summed E-state index contributed by atoms with van der Waals surface area (Å²) in [6.45, 7) is 1.99. The van der Waals surface area contributed by atoms with Crippen molar-refractivity contribution in [2.45, 2.75) is 6.92 Å². The van der Waals surface area contributed by atoms with Crippen molar-refractivity contribution in [2.75, 3.05) is 0 Å². The molecule has 7 nitrogen and oxygen atoms in total. The number of aromatic amines is 2. The van der Waals surface area contributed by atoms with E-state index in [0.29, 0.717) is 0 Å². The second-order valence-corrected chi connectivity index (χ2v) is 7.40. The van der Waals surface area contributed by atoms with Gasteiger partial charge in [0.2, 0.25) is 0 Å². The Bertz CT molecular complexity index is 1520. The second kappa shape index (κ2) is 6.18. The molecule has 0 atom stereocenters. The number of benzene rings is 1. The number of imidazole rings is 1. The first-order valence-electron chi connectivity index (χ1n) is 9.66. The zero-order valence-electron chi connectivity index (χ0n) is 16.5. The Hall–Kier alpha value is -4.13. The number of H-pyrrole nitrogens is 2. The first-order valence-corrected chi connectivity index (χ1v) is 9.66. The number of furan rings is 1. The van der Waals surface area contributed by atoms with E-state index >= 15 is 0 Å². The molecule has 30 heavy (non-hydrogen) atoms. The van der Waals surface area contributed by atoms with Gasteiger partial charge in [0.1, 0.15) is 11.5 Å². The molecule has 0 aliphatic rings. The molecule has 0 radical (unpaired) electrons. The van der Waals surface area contributed by atoms with E-state index in [2.05, 4.69) is 54.0 Å². The summed E-state index contributed by atoms with van der Waals surface area (Å²) in [5, 5.41) is 9.69. The minimum absolute atomic E-state index is 0.751. The van der Waals surface area contributed by atoms with E-state index in [9.17, 15) is 0 Å². The van der Waals surface area contributed by atoms with Gasteiger partial charge in [-0.25, -0.2) is 9.97 Å². The van der Waals surface area contributed by atoms with E-state index in [1.807, 2.05) is 38.5 Å². The van der Waals surface area contributed by atoms with Crippen molar-refractivity contribution >= 4 is 21.9 Å². The monoisotopic (exact) mass is 394 g/mol. The highest BCUT2D eigenvalue weighted by Gasteiger charge is 2.16. The van der Waals surface area contributed by atoms with Crippen LogP contribution >= 0.6 is 0 Å². The highest BCUT2D eigenvalue weighted by Crippen LogP contribution is 2.34. The fraction of sp³-hybridized carbons (Fsp3) is 0.0870. The molecule has 0 saturated carbocycles. The van der Waals surface area contributed by atoms with Gasteiger partial charge in [-0.2, -0.15) is 5.10 Å². The molecule has 5 heterocycles. The summed E-state index contributed by atoms with van der Waals surface area (Å²) in [5.41, 5.74) is 7.77. The fourth-order valence-electron chi connectivity index (χ4n) is 3.97. The lowest BCUT2D eigenvalue weighted by Crippen LogP contribution is -1.94. The molecule has 0 unspecified atom stereocenters. The van der Waals surface area contributed by atoms with Crippen molar-refractivity contribution in [1.29, 1.82) is 0 Å². The maximum atomic E-state index is 5.28. The summed E-state index contributed by atoms with van der Waals surface area (Å²) in [7, 11) is 2.01. The van der Waals surface area contributed by atoms with E-state index in [-0.39, 0.29) is 0 Å². The van der Waals surface area contributed by atoms with Crippen molar-refractivity contribution < 1.29 is 4.42 Å². The lowest BCUT2D eigenvalue weighted by atomic mass is 10.0. The smallest absolute Gasteiger partial charge is 0.155 e. The molecular weight excluding hydrogens is 376 g/mol. The van der Waals surface area contributed by atoms with Gasteiger partial charge < -0.3 is 14.0 Å². The molecule has 2 N–H and O–H groups in total. The predicted molar refractivity (Wildman–Crippen MR) is 116 cm³/mol. The van der Waals surface area contributed by atoms with Gasteiger partial charge in [0.15, 0.2) is 5.65 Å². The van der Waals surface area contributed by atoms with Crippen LogP contribution in [0.1, 0.15) is 5.82 Å². The summed E-state index contributed by atoms with van der Waals surface area (Å²) < 4.78 is 7.34. The summed E-state index contributed by atoms with van der Waals surface area (Å²) in [6, 6.07) is 12.4. The van der Waals surface area contributed by atoms with E-state index in [0.717, 1.165) is 61.5 Å². The molecule has 0 spiro atoms. The van der Waals surface area contributed by atoms with Crippen LogP contribution in [-0.4, -0.2) is 29.7 Å². The molecule has 5 aromatic heterocycles. The highest BCUT2D eigenvalue weighted by atomic mass is 16.3. The van der Waals surface area contributed by atoms with Crippen LogP contribution in [0.2, 0.25) is 0 Å². The SMILES string of the molecule is Cc1ncc(-c2cnc3[nH]nc(-c4cc5c(-c6ccoc6)cccc5[nH]4)c3c2)n1C. The minimum atomic E-state index is 0.751. The Kier molecular flexibility index (Phi) is 3.46. The molecule has 0 saturated heterocycles. The molecule has 1 aromatic carbocycles. The number of hydrogen-bond acceptors (Lipinski definition) is 4. The Labute approximate surface area is 171 Å². The number of hydrogen-bond donors (Lipinski definition) is 2. The number of fused-ring (bicyclic) bond motifs is 2. The van der Waals surface area contributed by atoms with E-state index in [1.165, 1.54) is 0 Å². The van der Waals surface area contributed by atoms with Crippen LogP contribution in [0, 0.1) is 6.92 Å². The molecule has 7 heteroatoms. The fourth-order valence-corrected chi connectivity index (χ4v) is 3.97. The molecule has 0 bridgehead atoms. The van der Waals surface area contributed by atoms with E-state index < -0.39 is 0 Å². The third-order valence-electron chi connectivity index (χ3n) is 5.68. The zero-order valence-corrected chi connectivity index (χ0v) is 16.5. The average molecular weight is 394 g/mol. The normalized spacial score (nSPS) is 11.7. The van der Waals surface area contributed by atoms with Gasteiger partial charge in [-0.05, 0) is 36.8 Å². The van der Waals surface area contributed by atoms with Crippen LogP contribution in [0.3, 0.4) is 0 Å². The van der Waals surface area contributed by atoms with Gasteiger partial charge >= 0.3 is 0 Å². The Morgan fingerprint density at radius 1 is 1.00 bits per heavy atom. The predicted octanol–water partition coefficient (Wildman–Crippen LogP) is 5.08. The van der Waals surface area contributed by atoms with Gasteiger partial charge in [0.05, 0.1) is 30.1 Å². The van der Waals surface area contributed by atoms with Crippen LogP contribution in [0.25, 0.3) is 55.7 Å². The summed E-state index contributed by atoms with van der Waals surface area (Å²) in [6.07, 6.45) is 7.18. The number of aryl methyl sites for hydroxylation is 1. The topological polar surface area (TPSA) is 88.3 Å². The van der Waals surface area contributed by atoms with Gasteiger partial charge in [-0.1, -0.05) is 12.1 Å². The quantitative estimate of drug-likeness (QED) is 0.438. The van der Waals surface area contributed by atoms with Gasteiger partial charge in [0.25, 0.3) is 0 Å². The highest BCUT2D eigenvalue weighted by molar-refractivity contribution is 6.01. The Morgan fingerprint density at radius 3 is 2.73 bits per heavy atom. The zero-order chi connectivity index (χ0) is 20.2. The Morgan fingerprint density at radius 2 is 1.93 bits per heavy atom. The molecule has 6 aromatic rings. The maximum absolute atomic E-state index is 5.28. The first-order chi connectivity index (χ1) is 14.7. The largest absolute Gasteiger partial charge is 0.472 e. The lowest BCUT2D eigenvalue weighted by Gasteiger charge is -2.04. The van der Waals surface area contributed by atoms with Crippen molar-refractivity contribution in [1.82, 2.24) is 29.7 Å². The molecular formula is C23H18N6O. The van der Waals surface area contributed by atoms with Crippen LogP contribution in [0.15, 0.2) is 65.7 Å². The first kappa shape index (κ1) is 16.8. The number of pyridine rings is 1. The number of nitrogens with zero attached hydrogens (tertiary/aromatic N) is 4. The summed E-state index contributed by atoms with van der Waals surface area (Å²) >= 11 is 0. The molecule has 146 valence electrons. The van der Waals surface area contributed by atoms with E-state index in [4.69, 9.17) is 4.42 Å². The number of aromatic nitrogens is 6. The maximum Gasteiger partial charge on any atom is 0.155 e. The molecule has 0 aliphatic heterocycles. The van der Waals surface area contributed by atoms with Crippen LogP contribution < -0.4 is 0 Å². The third kappa shape index (κ3) is 2.42. The van der Waals surface area contributed by atoms with Crippen LogP contribution in [0.4, 0.5) is 0 Å². The third-order valence-corrected chi connectivity index (χ3v) is 5.68. The molecule has 6 rings (SSSR count). The summed E-state index contributed by atoms with van der Waals surface area (Å²) in [5.74, 6) is 0.958. The van der Waals surface area contributed by atoms with E-state index in [1.54, 1.807) is 12.5 Å². The molecule has 0 fully saturated rings. The average Bonchev–Trinajstić information content (AvgIpc) is 3.54. The standard InChI is InChI=1S/C23H18N6O/c1-13-24-11-21(29(13)2)15-8-18-22(27-28-23(18)25-10-15)20-9-17-16(14-6-7-30-12-14)4-3-5-19(17)26-20/h3-12,26H,1-2H3,(H,25,27,28).